The van der Waals surface area contributed by atoms with Crippen molar-refractivity contribution in [2.75, 3.05) is 17.2 Å². The van der Waals surface area contributed by atoms with Crippen LogP contribution in [-0.4, -0.2) is 22.5 Å². The highest BCUT2D eigenvalue weighted by molar-refractivity contribution is 6.31. The maximum absolute atomic E-state index is 12.2. The van der Waals surface area contributed by atoms with Crippen molar-refractivity contribution in [3.05, 3.63) is 70.4 Å². The molecule has 6 nitrogen and oxygen atoms in total. The number of anilines is 4. The van der Waals surface area contributed by atoms with Crippen LogP contribution in [0.3, 0.4) is 0 Å². The molecule has 0 aliphatic carbocycles. The van der Waals surface area contributed by atoms with Crippen molar-refractivity contribution in [2.24, 2.45) is 0 Å². The van der Waals surface area contributed by atoms with Crippen LogP contribution < -0.4 is 10.6 Å². The molecule has 7 heteroatoms. The molecule has 0 saturated heterocycles. The lowest BCUT2D eigenvalue weighted by molar-refractivity contribution is 0.0527. The van der Waals surface area contributed by atoms with Gasteiger partial charge in [0.1, 0.15) is 5.82 Å². The third kappa shape index (κ3) is 4.58. The molecule has 28 heavy (non-hydrogen) atoms. The number of halogens is 1. The van der Waals surface area contributed by atoms with Gasteiger partial charge in [-0.3, -0.25) is 0 Å². The van der Waals surface area contributed by atoms with Crippen LogP contribution in [0.15, 0.2) is 48.5 Å². The number of ether oxygens (including phenoxy) is 1. The van der Waals surface area contributed by atoms with Gasteiger partial charge in [-0.15, -0.1) is 0 Å². The number of nitrogens with zero attached hydrogens (tertiary/aromatic N) is 2. The number of esters is 1. The fourth-order valence-electron chi connectivity index (χ4n) is 2.67. The minimum atomic E-state index is -0.385. The van der Waals surface area contributed by atoms with Crippen molar-refractivity contribution >= 4 is 40.7 Å². The Kier molecular flexibility index (Phi) is 6.11. The molecule has 144 valence electrons. The SMILES string of the molecule is CCOC(=O)c1ccccc1Nc1cc(C)nc(Nc2cccc(Cl)c2C)n1. The van der Waals surface area contributed by atoms with Gasteiger partial charge in [0.2, 0.25) is 5.95 Å². The second-order valence-electron chi connectivity index (χ2n) is 6.15. The Labute approximate surface area is 168 Å². The first-order valence-electron chi connectivity index (χ1n) is 8.89. The predicted molar refractivity (Wildman–Crippen MR) is 112 cm³/mol. The first-order chi connectivity index (χ1) is 13.5. The topological polar surface area (TPSA) is 76.1 Å². The zero-order valence-corrected chi connectivity index (χ0v) is 16.7. The average molecular weight is 397 g/mol. The summed E-state index contributed by atoms with van der Waals surface area (Å²) in [4.78, 5) is 21.1. The maximum Gasteiger partial charge on any atom is 0.340 e. The summed E-state index contributed by atoms with van der Waals surface area (Å²) >= 11 is 6.19. The summed E-state index contributed by atoms with van der Waals surface area (Å²) < 4.78 is 5.12. The predicted octanol–water partition coefficient (Wildman–Crippen LogP) is 5.41. The van der Waals surface area contributed by atoms with Crippen LogP contribution in [0.1, 0.15) is 28.5 Å². The maximum atomic E-state index is 12.2. The monoisotopic (exact) mass is 396 g/mol. The lowest BCUT2D eigenvalue weighted by atomic mass is 10.2. The quantitative estimate of drug-likeness (QED) is 0.542. The van der Waals surface area contributed by atoms with Crippen LogP contribution in [0.5, 0.6) is 0 Å². The van der Waals surface area contributed by atoms with Crippen LogP contribution >= 0.6 is 11.6 Å². The highest BCUT2D eigenvalue weighted by atomic mass is 35.5. The Hall–Kier alpha value is -3.12. The van der Waals surface area contributed by atoms with Gasteiger partial charge in [0.25, 0.3) is 0 Å². The van der Waals surface area contributed by atoms with Gasteiger partial charge in [0, 0.05) is 22.5 Å². The van der Waals surface area contributed by atoms with Gasteiger partial charge in [-0.25, -0.2) is 9.78 Å². The molecule has 3 aromatic rings. The first kappa shape index (κ1) is 19.6. The zero-order chi connectivity index (χ0) is 20.1. The molecule has 1 heterocycles. The van der Waals surface area contributed by atoms with E-state index in [1.807, 2.05) is 38.1 Å². The van der Waals surface area contributed by atoms with Crippen LogP contribution in [0.4, 0.5) is 23.1 Å². The Bertz CT molecular complexity index is 1010. The number of hydrogen-bond acceptors (Lipinski definition) is 6. The number of carbonyl (C=O) groups is 1. The summed E-state index contributed by atoms with van der Waals surface area (Å²) in [7, 11) is 0. The van der Waals surface area contributed by atoms with E-state index in [2.05, 4.69) is 20.6 Å². The Morgan fingerprint density at radius 1 is 1.04 bits per heavy atom. The van der Waals surface area contributed by atoms with Crippen molar-refractivity contribution < 1.29 is 9.53 Å². The molecule has 3 rings (SSSR count). The number of para-hydroxylation sites is 1. The molecule has 2 N–H and O–H groups in total. The van der Waals surface area contributed by atoms with Gasteiger partial charge in [-0.05, 0) is 50.6 Å². The van der Waals surface area contributed by atoms with E-state index in [9.17, 15) is 4.79 Å². The van der Waals surface area contributed by atoms with E-state index < -0.39 is 0 Å². The highest BCUT2D eigenvalue weighted by Gasteiger charge is 2.13. The molecule has 0 spiro atoms. The zero-order valence-electron chi connectivity index (χ0n) is 15.9. The lowest BCUT2D eigenvalue weighted by Crippen LogP contribution is -2.09. The van der Waals surface area contributed by atoms with E-state index >= 15 is 0 Å². The average Bonchev–Trinajstić information content (AvgIpc) is 2.66. The fraction of sp³-hybridized carbons (Fsp3) is 0.190. The lowest BCUT2D eigenvalue weighted by Gasteiger charge is -2.13. The van der Waals surface area contributed by atoms with Gasteiger partial charge in [0.15, 0.2) is 0 Å². The number of aromatic nitrogens is 2. The molecular formula is C21H21ClN4O2. The van der Waals surface area contributed by atoms with Crippen molar-refractivity contribution in [3.8, 4) is 0 Å². The summed E-state index contributed by atoms with van der Waals surface area (Å²) in [5.74, 6) is 0.609. The largest absolute Gasteiger partial charge is 0.462 e. The molecular weight excluding hydrogens is 376 g/mol. The fourth-order valence-corrected chi connectivity index (χ4v) is 2.84. The molecule has 0 bridgehead atoms. The normalized spacial score (nSPS) is 10.4. The third-order valence-electron chi connectivity index (χ3n) is 4.05. The standard InChI is InChI=1S/C21H21ClN4O2/c1-4-28-20(27)15-8-5-6-10-18(15)24-19-12-13(2)23-21(26-19)25-17-11-7-9-16(22)14(17)3/h5-12H,4H2,1-3H3,(H2,23,24,25,26). The van der Waals surface area contributed by atoms with Gasteiger partial charge in [0.05, 0.1) is 17.9 Å². The minimum absolute atomic E-state index is 0.312. The Morgan fingerprint density at radius 3 is 2.57 bits per heavy atom. The van der Waals surface area contributed by atoms with Gasteiger partial charge < -0.3 is 15.4 Å². The molecule has 1 aromatic heterocycles. The van der Waals surface area contributed by atoms with E-state index in [-0.39, 0.29) is 5.97 Å². The van der Waals surface area contributed by atoms with E-state index in [1.165, 1.54) is 0 Å². The molecule has 2 aromatic carbocycles. The molecule has 0 radical (unpaired) electrons. The van der Waals surface area contributed by atoms with Crippen LogP contribution in [0.2, 0.25) is 5.02 Å². The third-order valence-corrected chi connectivity index (χ3v) is 4.46. The second kappa shape index (κ2) is 8.71. The van der Waals surface area contributed by atoms with E-state index in [4.69, 9.17) is 16.3 Å². The Morgan fingerprint density at radius 2 is 1.79 bits per heavy atom. The summed E-state index contributed by atoms with van der Waals surface area (Å²) in [6, 6.07) is 14.6. The molecule has 0 amide bonds. The number of carbonyl (C=O) groups excluding carboxylic acids is 1. The number of nitrogens with one attached hydrogen (secondary N) is 2. The summed E-state index contributed by atoms with van der Waals surface area (Å²) in [6.07, 6.45) is 0. The van der Waals surface area contributed by atoms with Crippen molar-refractivity contribution in [2.45, 2.75) is 20.8 Å². The van der Waals surface area contributed by atoms with Crippen molar-refractivity contribution in [3.63, 3.8) is 0 Å². The minimum Gasteiger partial charge on any atom is -0.462 e. The summed E-state index contributed by atoms with van der Waals surface area (Å²) in [5, 5.41) is 7.05. The molecule has 0 aliphatic rings. The first-order valence-corrected chi connectivity index (χ1v) is 9.26. The van der Waals surface area contributed by atoms with Crippen LogP contribution in [0, 0.1) is 13.8 Å². The molecule has 0 unspecified atom stereocenters. The summed E-state index contributed by atoms with van der Waals surface area (Å²) in [5.41, 5.74) is 3.57. The van der Waals surface area contributed by atoms with Gasteiger partial charge in [-0.2, -0.15) is 4.98 Å². The highest BCUT2D eigenvalue weighted by Crippen LogP contribution is 2.26. The smallest absolute Gasteiger partial charge is 0.340 e. The number of benzene rings is 2. The van der Waals surface area contributed by atoms with Crippen LogP contribution in [-0.2, 0) is 4.74 Å². The van der Waals surface area contributed by atoms with Crippen molar-refractivity contribution in [1.82, 2.24) is 9.97 Å². The second-order valence-corrected chi connectivity index (χ2v) is 6.55. The van der Waals surface area contributed by atoms with E-state index in [0.29, 0.717) is 34.6 Å². The molecule has 0 aliphatic heterocycles. The van der Waals surface area contributed by atoms with Crippen LogP contribution in [0.25, 0.3) is 0 Å². The number of aryl methyl sites for hydroxylation is 1. The molecule has 0 fully saturated rings. The summed E-state index contributed by atoms with van der Waals surface area (Å²) in [6.45, 7) is 5.89. The number of hydrogen-bond donors (Lipinski definition) is 2. The van der Waals surface area contributed by atoms with Gasteiger partial charge >= 0.3 is 5.97 Å². The van der Waals surface area contributed by atoms with E-state index in [0.717, 1.165) is 16.9 Å². The molecule has 0 saturated carbocycles. The number of rotatable bonds is 6. The molecule has 0 atom stereocenters. The van der Waals surface area contributed by atoms with Crippen molar-refractivity contribution in [1.29, 1.82) is 0 Å². The Balaban J connectivity index is 1.89. The van der Waals surface area contributed by atoms with E-state index in [1.54, 1.807) is 31.2 Å². The van der Waals surface area contributed by atoms with Gasteiger partial charge in [-0.1, -0.05) is 29.8 Å².